The molecule has 1 aromatic heterocycles. The van der Waals surface area contributed by atoms with Crippen LogP contribution in [0.2, 0.25) is 5.02 Å². The lowest BCUT2D eigenvalue weighted by molar-refractivity contribution is -0.126. The molecule has 1 aromatic carbocycles. The molecule has 0 atom stereocenters. The van der Waals surface area contributed by atoms with Gasteiger partial charge in [-0.2, -0.15) is 0 Å². The van der Waals surface area contributed by atoms with Crippen molar-refractivity contribution in [3.63, 3.8) is 0 Å². The molecule has 3 amide bonds. The fourth-order valence-electron chi connectivity index (χ4n) is 2.91. The number of nitrogens with one attached hydrogen (secondary N) is 2. The van der Waals surface area contributed by atoms with Crippen LogP contribution in [0.25, 0.3) is 0 Å². The van der Waals surface area contributed by atoms with Crippen molar-refractivity contribution < 1.29 is 9.59 Å². The van der Waals surface area contributed by atoms with E-state index in [1.807, 2.05) is 24.4 Å². The van der Waals surface area contributed by atoms with Crippen molar-refractivity contribution in [2.75, 3.05) is 18.4 Å². The molecule has 6 nitrogen and oxygen atoms in total. The number of thiazole rings is 1. The first-order valence-electron chi connectivity index (χ1n) is 8.52. The summed E-state index contributed by atoms with van der Waals surface area (Å²) >= 11 is 7.64. The first kappa shape index (κ1) is 18.7. The van der Waals surface area contributed by atoms with E-state index in [1.165, 1.54) is 0 Å². The molecule has 0 saturated carbocycles. The number of halogens is 1. The second-order valence-electron chi connectivity index (χ2n) is 6.25. The van der Waals surface area contributed by atoms with Crippen LogP contribution in [0.3, 0.4) is 0 Å². The first-order valence-corrected chi connectivity index (χ1v) is 9.78. The number of amides is 3. The maximum Gasteiger partial charge on any atom is 0.321 e. The van der Waals surface area contributed by atoms with Crippen LogP contribution < -0.4 is 10.6 Å². The van der Waals surface area contributed by atoms with Gasteiger partial charge in [0.05, 0.1) is 28.0 Å². The number of urea groups is 1. The molecule has 138 valence electrons. The summed E-state index contributed by atoms with van der Waals surface area (Å²) in [7, 11) is 0. The van der Waals surface area contributed by atoms with E-state index >= 15 is 0 Å². The molecule has 2 N–H and O–H groups in total. The predicted molar refractivity (Wildman–Crippen MR) is 103 cm³/mol. The number of carbonyl (C=O) groups excluding carboxylic acids is 2. The second-order valence-corrected chi connectivity index (χ2v) is 7.72. The molecule has 0 aliphatic carbocycles. The Balaban J connectivity index is 1.45. The summed E-state index contributed by atoms with van der Waals surface area (Å²) in [5, 5.41) is 9.22. The van der Waals surface area contributed by atoms with E-state index in [-0.39, 0.29) is 17.9 Å². The molecule has 1 saturated heterocycles. The summed E-state index contributed by atoms with van der Waals surface area (Å²) in [6, 6.07) is 6.95. The van der Waals surface area contributed by atoms with Crippen molar-refractivity contribution in [2.45, 2.75) is 26.3 Å². The number of aromatic nitrogens is 1. The molecule has 2 aromatic rings. The third-order valence-electron chi connectivity index (χ3n) is 4.38. The van der Waals surface area contributed by atoms with Gasteiger partial charge in [-0.15, -0.1) is 11.3 Å². The van der Waals surface area contributed by atoms with Crippen molar-refractivity contribution in [1.82, 2.24) is 15.2 Å². The average Bonchev–Trinajstić information content (AvgIpc) is 3.07. The van der Waals surface area contributed by atoms with Crippen molar-refractivity contribution in [2.24, 2.45) is 5.92 Å². The van der Waals surface area contributed by atoms with Crippen LogP contribution in [0.5, 0.6) is 0 Å². The van der Waals surface area contributed by atoms with E-state index in [9.17, 15) is 9.59 Å². The van der Waals surface area contributed by atoms with E-state index in [0.29, 0.717) is 43.2 Å². The van der Waals surface area contributed by atoms with E-state index < -0.39 is 0 Å². The van der Waals surface area contributed by atoms with Crippen molar-refractivity contribution >= 4 is 40.6 Å². The molecular formula is C18H21ClN4O2S. The van der Waals surface area contributed by atoms with E-state index in [4.69, 9.17) is 11.6 Å². The maximum atomic E-state index is 12.4. The van der Waals surface area contributed by atoms with Crippen LogP contribution in [0.4, 0.5) is 10.5 Å². The number of rotatable bonds is 4. The summed E-state index contributed by atoms with van der Waals surface area (Å²) in [6.07, 6.45) is 1.30. The zero-order valence-electron chi connectivity index (χ0n) is 14.5. The Kier molecular flexibility index (Phi) is 6.11. The van der Waals surface area contributed by atoms with Gasteiger partial charge in [0, 0.05) is 24.4 Å². The molecule has 1 aliphatic heterocycles. The van der Waals surface area contributed by atoms with E-state index in [0.717, 1.165) is 10.7 Å². The molecule has 26 heavy (non-hydrogen) atoms. The highest BCUT2D eigenvalue weighted by molar-refractivity contribution is 7.09. The quantitative estimate of drug-likeness (QED) is 0.833. The number of benzene rings is 1. The lowest BCUT2D eigenvalue weighted by Gasteiger charge is -2.31. The fraction of sp³-hybridized carbons (Fsp3) is 0.389. The highest BCUT2D eigenvalue weighted by Crippen LogP contribution is 2.23. The fourth-order valence-corrected chi connectivity index (χ4v) is 3.71. The zero-order valence-corrected chi connectivity index (χ0v) is 16.1. The number of nitrogens with zero attached hydrogens (tertiary/aromatic N) is 2. The Bertz CT molecular complexity index is 787. The van der Waals surface area contributed by atoms with Gasteiger partial charge in [0.15, 0.2) is 0 Å². The number of hydrogen-bond acceptors (Lipinski definition) is 4. The van der Waals surface area contributed by atoms with Gasteiger partial charge < -0.3 is 15.5 Å². The molecule has 2 heterocycles. The molecule has 0 radical (unpaired) electrons. The SMILES string of the molecule is Cc1nc(CNC(=O)C2CCN(C(=O)Nc3ccccc3Cl)CC2)cs1. The lowest BCUT2D eigenvalue weighted by atomic mass is 9.96. The Morgan fingerprint density at radius 2 is 2.04 bits per heavy atom. The highest BCUT2D eigenvalue weighted by atomic mass is 35.5. The largest absolute Gasteiger partial charge is 0.350 e. The molecule has 0 bridgehead atoms. The van der Waals surface area contributed by atoms with Crippen LogP contribution in [0, 0.1) is 12.8 Å². The predicted octanol–water partition coefficient (Wildman–Crippen LogP) is 3.67. The van der Waals surface area contributed by atoms with Crippen LogP contribution in [-0.4, -0.2) is 34.9 Å². The number of likely N-dealkylation sites (tertiary alicyclic amines) is 1. The zero-order chi connectivity index (χ0) is 18.5. The highest BCUT2D eigenvalue weighted by Gasteiger charge is 2.27. The topological polar surface area (TPSA) is 74.3 Å². The third kappa shape index (κ3) is 4.74. The van der Waals surface area contributed by atoms with Gasteiger partial charge in [-0.05, 0) is 31.9 Å². The second kappa shape index (κ2) is 8.51. The summed E-state index contributed by atoms with van der Waals surface area (Å²) in [4.78, 5) is 30.7. The van der Waals surface area contributed by atoms with Crippen molar-refractivity contribution in [1.29, 1.82) is 0 Å². The number of anilines is 1. The van der Waals surface area contributed by atoms with Crippen LogP contribution in [0.15, 0.2) is 29.6 Å². The Morgan fingerprint density at radius 3 is 2.69 bits per heavy atom. The van der Waals surface area contributed by atoms with Gasteiger partial charge in [-0.25, -0.2) is 9.78 Å². The summed E-state index contributed by atoms with van der Waals surface area (Å²) in [6.45, 7) is 3.49. The molecule has 0 spiro atoms. The monoisotopic (exact) mass is 392 g/mol. The van der Waals surface area contributed by atoms with Gasteiger partial charge >= 0.3 is 6.03 Å². The number of hydrogen-bond donors (Lipinski definition) is 2. The number of carbonyl (C=O) groups is 2. The lowest BCUT2D eigenvalue weighted by Crippen LogP contribution is -2.44. The summed E-state index contributed by atoms with van der Waals surface area (Å²) < 4.78 is 0. The molecule has 0 unspecified atom stereocenters. The number of aryl methyl sites for hydroxylation is 1. The van der Waals surface area contributed by atoms with Crippen molar-refractivity contribution in [3.05, 3.63) is 45.4 Å². The minimum Gasteiger partial charge on any atom is -0.350 e. The smallest absolute Gasteiger partial charge is 0.321 e. The number of piperidine rings is 1. The van der Waals surface area contributed by atoms with Gasteiger partial charge in [0.2, 0.25) is 5.91 Å². The maximum absolute atomic E-state index is 12.4. The minimum absolute atomic E-state index is 0.0295. The van der Waals surface area contributed by atoms with Crippen LogP contribution in [-0.2, 0) is 11.3 Å². The molecule has 3 rings (SSSR count). The minimum atomic E-state index is -0.185. The molecule has 1 fully saturated rings. The van der Waals surface area contributed by atoms with Crippen LogP contribution in [0.1, 0.15) is 23.5 Å². The average molecular weight is 393 g/mol. The van der Waals surface area contributed by atoms with Gasteiger partial charge in [0.1, 0.15) is 0 Å². The summed E-state index contributed by atoms with van der Waals surface area (Å²) in [5.74, 6) is -0.0408. The normalized spacial score (nSPS) is 14.9. The molecule has 8 heteroatoms. The van der Waals surface area contributed by atoms with Crippen molar-refractivity contribution in [3.8, 4) is 0 Å². The van der Waals surface area contributed by atoms with Gasteiger partial charge in [-0.3, -0.25) is 4.79 Å². The Hall–Kier alpha value is -2.12. The first-order chi connectivity index (χ1) is 12.5. The standard InChI is InChI=1S/C18H21ClN4O2S/c1-12-21-14(11-26-12)10-20-17(24)13-6-8-23(9-7-13)18(25)22-16-5-3-2-4-15(16)19/h2-5,11,13H,6-10H2,1H3,(H,20,24)(H,22,25). The van der Waals surface area contributed by atoms with E-state index in [1.54, 1.807) is 28.4 Å². The Morgan fingerprint density at radius 1 is 1.31 bits per heavy atom. The number of para-hydroxylation sites is 1. The van der Waals surface area contributed by atoms with Gasteiger partial charge in [-0.1, -0.05) is 23.7 Å². The summed E-state index contributed by atoms with van der Waals surface area (Å²) in [5.41, 5.74) is 1.48. The molecule has 1 aliphatic rings. The third-order valence-corrected chi connectivity index (χ3v) is 5.53. The Labute approximate surface area is 161 Å². The van der Waals surface area contributed by atoms with Gasteiger partial charge in [0.25, 0.3) is 0 Å². The van der Waals surface area contributed by atoms with Crippen LogP contribution >= 0.6 is 22.9 Å². The molecular weight excluding hydrogens is 372 g/mol. The van der Waals surface area contributed by atoms with E-state index in [2.05, 4.69) is 15.6 Å².